The molecule has 0 aromatic heterocycles. The highest BCUT2D eigenvalue weighted by molar-refractivity contribution is 8.13. The van der Waals surface area contributed by atoms with Crippen molar-refractivity contribution in [1.82, 2.24) is 0 Å². The lowest BCUT2D eigenvalue weighted by atomic mass is 10.5. The van der Waals surface area contributed by atoms with Gasteiger partial charge in [0.15, 0.2) is 0 Å². The molecule has 0 radical (unpaired) electrons. The van der Waals surface area contributed by atoms with Gasteiger partial charge in [0.05, 0.1) is 4.58 Å². The zero-order chi connectivity index (χ0) is 5.28. The summed E-state index contributed by atoms with van der Waals surface area (Å²) >= 11 is 10.1. The molecule has 7 heavy (non-hydrogen) atoms. The Bertz CT molecular complexity index is 88.9. The van der Waals surface area contributed by atoms with Crippen LogP contribution in [0.5, 0.6) is 0 Å². The fourth-order valence-corrected chi connectivity index (χ4v) is 1.78. The van der Waals surface area contributed by atoms with E-state index in [9.17, 15) is 0 Å². The van der Waals surface area contributed by atoms with Crippen molar-refractivity contribution >= 4 is 37.0 Å². The van der Waals surface area contributed by atoms with Gasteiger partial charge in [-0.2, -0.15) is 25.3 Å². The molecule has 3 heteroatoms. The van der Waals surface area contributed by atoms with E-state index in [2.05, 4.69) is 25.3 Å². The summed E-state index contributed by atoms with van der Waals surface area (Å²) in [7, 11) is 0. The van der Waals surface area contributed by atoms with Gasteiger partial charge in [-0.1, -0.05) is 6.08 Å². The Morgan fingerprint density at radius 1 is 1.43 bits per heavy atom. The number of hydrogen-bond donors (Lipinski definition) is 2. The van der Waals surface area contributed by atoms with Gasteiger partial charge in [-0.15, -0.1) is 11.8 Å². The van der Waals surface area contributed by atoms with E-state index in [1.54, 1.807) is 11.8 Å². The maximum atomic E-state index is 4.21. The van der Waals surface area contributed by atoms with Crippen molar-refractivity contribution in [3.05, 3.63) is 11.5 Å². The van der Waals surface area contributed by atoms with Crippen LogP contribution in [0.25, 0.3) is 0 Å². The summed E-state index contributed by atoms with van der Waals surface area (Å²) < 4.78 is 0.378. The van der Waals surface area contributed by atoms with E-state index in [1.807, 2.05) is 11.5 Å². The number of hydrogen-bond acceptors (Lipinski definition) is 3. The molecule has 0 aromatic carbocycles. The molecule has 0 aliphatic carbocycles. The Kier molecular flexibility index (Phi) is 2.01. The van der Waals surface area contributed by atoms with Gasteiger partial charge in [-0.3, -0.25) is 0 Å². The van der Waals surface area contributed by atoms with Crippen LogP contribution < -0.4 is 0 Å². The van der Waals surface area contributed by atoms with Gasteiger partial charge in [0.2, 0.25) is 0 Å². The fourth-order valence-electron chi connectivity index (χ4n) is 0.382. The zero-order valence-electron chi connectivity index (χ0n) is 3.61. The minimum atomic E-state index is 0.355. The van der Waals surface area contributed by atoms with Crippen molar-refractivity contribution < 1.29 is 0 Å². The maximum Gasteiger partial charge on any atom is 0.0664 e. The first-order valence-corrected chi connectivity index (χ1v) is 3.96. The van der Waals surface area contributed by atoms with Gasteiger partial charge in [0.1, 0.15) is 0 Å². The summed E-state index contributed by atoms with van der Waals surface area (Å²) in [5.41, 5.74) is 0. The third-order valence-electron chi connectivity index (χ3n) is 0.786. The summed E-state index contributed by atoms with van der Waals surface area (Å²) in [4.78, 5) is 0. The van der Waals surface area contributed by atoms with Crippen LogP contribution in [0.3, 0.4) is 0 Å². The third kappa shape index (κ3) is 1.34. The molecule has 0 aromatic rings. The van der Waals surface area contributed by atoms with E-state index in [1.165, 1.54) is 0 Å². The Labute approximate surface area is 58.6 Å². The van der Waals surface area contributed by atoms with Gasteiger partial charge in [-0.05, 0) is 5.41 Å². The van der Waals surface area contributed by atoms with Crippen molar-refractivity contribution in [3.8, 4) is 0 Å². The molecule has 0 bridgehead atoms. The average Bonchev–Trinajstić information content (AvgIpc) is 1.91. The predicted molar refractivity (Wildman–Crippen MR) is 42.3 cm³/mol. The molecule has 2 atom stereocenters. The number of thioether (sulfide) groups is 1. The molecule has 0 spiro atoms. The molecule has 1 rings (SSSR count). The standard InChI is InChI=1S/C4H6S3/c5-3-1-2-7-4(3)6/h1-6H. The first-order chi connectivity index (χ1) is 3.30. The lowest BCUT2D eigenvalue weighted by molar-refractivity contribution is 1.25. The van der Waals surface area contributed by atoms with Gasteiger partial charge in [0.25, 0.3) is 0 Å². The lowest BCUT2D eigenvalue weighted by Gasteiger charge is -2.02. The highest BCUT2D eigenvalue weighted by Crippen LogP contribution is 2.30. The highest BCUT2D eigenvalue weighted by atomic mass is 32.2. The van der Waals surface area contributed by atoms with Gasteiger partial charge in [0, 0.05) is 5.25 Å². The van der Waals surface area contributed by atoms with Crippen LogP contribution in [0.2, 0.25) is 0 Å². The Balaban J connectivity index is 2.45. The molecule has 0 fully saturated rings. The Hall–Kier alpha value is 0.790. The van der Waals surface area contributed by atoms with Crippen molar-refractivity contribution in [1.29, 1.82) is 0 Å². The van der Waals surface area contributed by atoms with Crippen molar-refractivity contribution in [3.63, 3.8) is 0 Å². The molecular formula is C4H6S3. The SMILES string of the molecule is SC1C=CSC1S. The Morgan fingerprint density at radius 2 is 2.14 bits per heavy atom. The first-order valence-electron chi connectivity index (χ1n) is 1.99. The first kappa shape index (κ1) is 5.92. The molecule has 0 nitrogen and oxygen atoms in total. The van der Waals surface area contributed by atoms with E-state index in [-0.39, 0.29) is 0 Å². The summed E-state index contributed by atoms with van der Waals surface area (Å²) in [6, 6.07) is 0. The van der Waals surface area contributed by atoms with Crippen LogP contribution in [0.1, 0.15) is 0 Å². The van der Waals surface area contributed by atoms with E-state index in [0.29, 0.717) is 9.83 Å². The van der Waals surface area contributed by atoms with Gasteiger partial charge >= 0.3 is 0 Å². The molecule has 0 N–H and O–H groups in total. The second kappa shape index (κ2) is 2.37. The summed E-state index contributed by atoms with van der Waals surface area (Å²) in [5, 5.41) is 2.39. The topological polar surface area (TPSA) is 0 Å². The monoisotopic (exact) mass is 150 g/mol. The van der Waals surface area contributed by atoms with Crippen molar-refractivity contribution in [2.75, 3.05) is 0 Å². The zero-order valence-corrected chi connectivity index (χ0v) is 6.22. The van der Waals surface area contributed by atoms with E-state index < -0.39 is 0 Å². The molecule has 40 valence electrons. The molecule has 1 aliphatic rings. The van der Waals surface area contributed by atoms with Crippen molar-refractivity contribution in [2.45, 2.75) is 9.83 Å². The fraction of sp³-hybridized carbons (Fsp3) is 0.500. The van der Waals surface area contributed by atoms with Crippen LogP contribution in [0, 0.1) is 0 Å². The number of rotatable bonds is 0. The molecule has 1 aliphatic heterocycles. The summed E-state index contributed by atoms with van der Waals surface area (Å²) in [6.45, 7) is 0. The predicted octanol–water partition coefficient (Wildman–Crippen LogP) is 1.80. The van der Waals surface area contributed by atoms with Crippen LogP contribution in [-0.4, -0.2) is 9.83 Å². The van der Waals surface area contributed by atoms with Crippen molar-refractivity contribution in [2.24, 2.45) is 0 Å². The molecule has 2 unspecified atom stereocenters. The molecule has 0 saturated carbocycles. The van der Waals surface area contributed by atoms with Gasteiger partial charge in [-0.25, -0.2) is 0 Å². The quantitative estimate of drug-likeness (QED) is 0.497. The van der Waals surface area contributed by atoms with Crippen LogP contribution >= 0.6 is 37.0 Å². The average molecular weight is 150 g/mol. The second-order valence-electron chi connectivity index (χ2n) is 1.35. The van der Waals surface area contributed by atoms with Crippen LogP contribution in [0.4, 0.5) is 0 Å². The lowest BCUT2D eigenvalue weighted by Crippen LogP contribution is -2.00. The minimum absolute atomic E-state index is 0.355. The normalized spacial score (nSPS) is 39.7. The minimum Gasteiger partial charge on any atom is -0.170 e. The molecule has 0 amide bonds. The summed E-state index contributed by atoms with van der Waals surface area (Å²) in [5.74, 6) is 0. The van der Waals surface area contributed by atoms with E-state index >= 15 is 0 Å². The van der Waals surface area contributed by atoms with E-state index in [4.69, 9.17) is 0 Å². The summed E-state index contributed by atoms with van der Waals surface area (Å²) in [6.07, 6.45) is 2.05. The third-order valence-corrected chi connectivity index (χ3v) is 3.27. The van der Waals surface area contributed by atoms with Crippen LogP contribution in [0.15, 0.2) is 11.5 Å². The highest BCUT2D eigenvalue weighted by Gasteiger charge is 2.14. The Morgan fingerprint density at radius 3 is 2.29 bits per heavy atom. The molecule has 1 heterocycles. The van der Waals surface area contributed by atoms with Gasteiger partial charge < -0.3 is 0 Å². The smallest absolute Gasteiger partial charge is 0.0664 e. The molecule has 0 saturated heterocycles. The largest absolute Gasteiger partial charge is 0.170 e. The second-order valence-corrected chi connectivity index (χ2v) is 3.90. The molecular weight excluding hydrogens is 144 g/mol. The van der Waals surface area contributed by atoms with Crippen LogP contribution in [-0.2, 0) is 0 Å². The number of thiol groups is 2. The van der Waals surface area contributed by atoms with E-state index in [0.717, 1.165) is 0 Å². The maximum absolute atomic E-state index is 4.21.